The molecular formula is C16H14ClF3N2O3S. The van der Waals surface area contributed by atoms with Crippen molar-refractivity contribution < 1.29 is 26.4 Å². The summed E-state index contributed by atoms with van der Waals surface area (Å²) in [6, 6.07) is 9.32. The van der Waals surface area contributed by atoms with Crippen molar-refractivity contribution in [3.05, 3.63) is 59.1 Å². The van der Waals surface area contributed by atoms with Crippen LogP contribution in [-0.4, -0.2) is 27.9 Å². The minimum absolute atomic E-state index is 0.183. The van der Waals surface area contributed by atoms with E-state index in [-0.39, 0.29) is 9.92 Å². The number of hydrogen-bond acceptors (Lipinski definition) is 3. The van der Waals surface area contributed by atoms with Crippen molar-refractivity contribution in [2.24, 2.45) is 0 Å². The van der Waals surface area contributed by atoms with E-state index in [1.807, 2.05) is 0 Å². The van der Waals surface area contributed by atoms with Gasteiger partial charge in [0, 0.05) is 7.05 Å². The molecule has 0 aliphatic heterocycles. The van der Waals surface area contributed by atoms with Crippen molar-refractivity contribution in [3.8, 4) is 0 Å². The van der Waals surface area contributed by atoms with Crippen LogP contribution in [-0.2, 0) is 21.0 Å². The van der Waals surface area contributed by atoms with E-state index >= 15 is 0 Å². The van der Waals surface area contributed by atoms with Crippen molar-refractivity contribution >= 4 is 33.2 Å². The lowest BCUT2D eigenvalue weighted by Crippen LogP contribution is -2.40. The summed E-state index contributed by atoms with van der Waals surface area (Å²) in [5.74, 6) is -0.710. The highest BCUT2D eigenvalue weighted by Crippen LogP contribution is 2.37. The molecule has 26 heavy (non-hydrogen) atoms. The zero-order valence-corrected chi connectivity index (χ0v) is 15.0. The number of anilines is 1. The molecule has 0 aliphatic rings. The second-order valence-electron chi connectivity index (χ2n) is 5.16. The summed E-state index contributed by atoms with van der Waals surface area (Å²) in [5.41, 5.74) is -1.52. The molecule has 1 amide bonds. The van der Waals surface area contributed by atoms with Gasteiger partial charge in [-0.25, -0.2) is 8.42 Å². The van der Waals surface area contributed by atoms with Gasteiger partial charge in [-0.2, -0.15) is 13.2 Å². The number of carbonyl (C=O) groups excluding carboxylic acids is 1. The van der Waals surface area contributed by atoms with Crippen LogP contribution in [0.25, 0.3) is 0 Å². The first kappa shape index (κ1) is 20.1. The summed E-state index contributed by atoms with van der Waals surface area (Å²) in [5, 5.41) is 2.01. The Hall–Kier alpha value is -2.26. The van der Waals surface area contributed by atoms with Crippen LogP contribution < -0.4 is 9.62 Å². The van der Waals surface area contributed by atoms with Crippen LogP contribution in [0.3, 0.4) is 0 Å². The van der Waals surface area contributed by atoms with Crippen LogP contribution in [0.4, 0.5) is 18.9 Å². The molecule has 0 radical (unpaired) electrons. The highest BCUT2D eigenvalue weighted by Gasteiger charge is 2.34. The molecule has 0 aromatic heterocycles. The van der Waals surface area contributed by atoms with Gasteiger partial charge in [0.2, 0.25) is 5.91 Å². The molecule has 2 aromatic rings. The minimum Gasteiger partial charge on any atom is -0.358 e. The molecule has 0 atom stereocenters. The van der Waals surface area contributed by atoms with Crippen molar-refractivity contribution in [2.45, 2.75) is 11.1 Å². The SMILES string of the molecule is CNC(=O)CN(c1cc(C(F)(F)F)ccc1Cl)S(=O)(=O)c1ccccc1. The van der Waals surface area contributed by atoms with Crippen LogP contribution in [0.1, 0.15) is 5.56 Å². The Morgan fingerprint density at radius 2 is 1.77 bits per heavy atom. The van der Waals surface area contributed by atoms with Crippen LogP contribution in [0.2, 0.25) is 5.02 Å². The van der Waals surface area contributed by atoms with E-state index in [0.717, 1.165) is 12.1 Å². The molecule has 0 saturated heterocycles. The highest BCUT2D eigenvalue weighted by molar-refractivity contribution is 7.92. The standard InChI is InChI=1S/C16H14ClF3N2O3S/c1-21-15(23)10-22(26(24,25)12-5-3-2-4-6-12)14-9-11(16(18,19)20)7-8-13(14)17/h2-9H,10H2,1H3,(H,21,23). The second-order valence-corrected chi connectivity index (χ2v) is 7.43. The molecule has 2 rings (SSSR count). The lowest BCUT2D eigenvalue weighted by atomic mass is 10.2. The molecule has 0 heterocycles. The first-order chi connectivity index (χ1) is 12.1. The number of amides is 1. The van der Waals surface area contributed by atoms with Gasteiger partial charge in [0.25, 0.3) is 10.0 Å². The Kier molecular flexibility index (Phi) is 5.82. The van der Waals surface area contributed by atoms with Gasteiger partial charge in [0.1, 0.15) is 6.54 Å². The topological polar surface area (TPSA) is 66.5 Å². The van der Waals surface area contributed by atoms with E-state index in [1.54, 1.807) is 6.07 Å². The third kappa shape index (κ3) is 4.28. The fourth-order valence-electron chi connectivity index (χ4n) is 2.11. The van der Waals surface area contributed by atoms with Crippen molar-refractivity contribution in [3.63, 3.8) is 0 Å². The third-order valence-electron chi connectivity index (χ3n) is 3.44. The number of likely N-dealkylation sites (N-methyl/N-ethyl adjacent to an activating group) is 1. The molecule has 2 aromatic carbocycles. The Balaban J connectivity index is 2.65. The fourth-order valence-corrected chi connectivity index (χ4v) is 3.83. The van der Waals surface area contributed by atoms with Crippen LogP contribution >= 0.6 is 11.6 Å². The van der Waals surface area contributed by atoms with Gasteiger partial charge in [0.05, 0.1) is 21.2 Å². The van der Waals surface area contributed by atoms with Crippen LogP contribution in [0.15, 0.2) is 53.4 Å². The van der Waals surface area contributed by atoms with Crippen LogP contribution in [0, 0.1) is 0 Å². The quantitative estimate of drug-likeness (QED) is 0.828. The maximum atomic E-state index is 13.0. The van der Waals surface area contributed by atoms with Gasteiger partial charge >= 0.3 is 6.18 Å². The van der Waals surface area contributed by atoms with Gasteiger partial charge in [-0.05, 0) is 30.3 Å². The van der Waals surface area contributed by atoms with Gasteiger partial charge < -0.3 is 5.32 Å². The number of nitrogens with zero attached hydrogens (tertiary/aromatic N) is 1. The molecule has 5 nitrogen and oxygen atoms in total. The molecule has 0 spiro atoms. The maximum absolute atomic E-state index is 13.0. The minimum atomic E-state index is -4.70. The first-order valence-electron chi connectivity index (χ1n) is 7.22. The highest BCUT2D eigenvalue weighted by atomic mass is 35.5. The predicted molar refractivity (Wildman–Crippen MR) is 91.5 cm³/mol. The predicted octanol–water partition coefficient (Wildman–Crippen LogP) is 3.30. The zero-order valence-electron chi connectivity index (χ0n) is 13.4. The molecule has 140 valence electrons. The Labute approximate surface area is 153 Å². The second kappa shape index (κ2) is 7.55. The number of benzene rings is 2. The molecule has 0 bridgehead atoms. The summed E-state index contributed by atoms with van der Waals surface area (Å²) in [4.78, 5) is 11.6. The van der Waals surface area contributed by atoms with Crippen molar-refractivity contribution in [1.29, 1.82) is 0 Å². The Morgan fingerprint density at radius 1 is 1.15 bits per heavy atom. The molecule has 0 fully saturated rings. The van der Waals surface area contributed by atoms with E-state index in [9.17, 15) is 26.4 Å². The first-order valence-corrected chi connectivity index (χ1v) is 9.04. The number of nitrogens with one attached hydrogen (secondary N) is 1. The fraction of sp³-hybridized carbons (Fsp3) is 0.188. The molecule has 1 N–H and O–H groups in total. The summed E-state index contributed by atoms with van der Waals surface area (Å²) in [6.07, 6.45) is -4.70. The van der Waals surface area contributed by atoms with Crippen molar-refractivity contribution in [2.75, 3.05) is 17.9 Å². The van der Waals surface area contributed by atoms with Gasteiger partial charge in [-0.15, -0.1) is 0 Å². The number of hydrogen-bond donors (Lipinski definition) is 1. The maximum Gasteiger partial charge on any atom is 0.416 e. The van der Waals surface area contributed by atoms with E-state index in [2.05, 4.69) is 5.32 Å². The average molecular weight is 407 g/mol. The molecule has 0 saturated carbocycles. The van der Waals surface area contributed by atoms with Gasteiger partial charge in [-0.1, -0.05) is 29.8 Å². The smallest absolute Gasteiger partial charge is 0.358 e. The number of rotatable bonds is 5. The summed E-state index contributed by atoms with van der Waals surface area (Å²) in [7, 11) is -3.04. The lowest BCUT2D eigenvalue weighted by Gasteiger charge is -2.25. The number of alkyl halides is 3. The molecule has 10 heteroatoms. The monoisotopic (exact) mass is 406 g/mol. The lowest BCUT2D eigenvalue weighted by molar-refractivity contribution is -0.137. The van der Waals surface area contributed by atoms with E-state index < -0.39 is 39.9 Å². The molecule has 0 unspecified atom stereocenters. The summed E-state index contributed by atoms with van der Waals surface area (Å²) >= 11 is 5.96. The summed E-state index contributed by atoms with van der Waals surface area (Å²) in [6.45, 7) is -0.727. The van der Waals surface area contributed by atoms with E-state index in [0.29, 0.717) is 10.4 Å². The molecule has 0 aliphatic carbocycles. The van der Waals surface area contributed by atoms with Gasteiger partial charge in [-0.3, -0.25) is 9.10 Å². The Morgan fingerprint density at radius 3 is 2.31 bits per heavy atom. The Bertz CT molecular complexity index is 903. The van der Waals surface area contributed by atoms with E-state index in [1.165, 1.54) is 31.3 Å². The van der Waals surface area contributed by atoms with E-state index in [4.69, 9.17) is 11.6 Å². The van der Waals surface area contributed by atoms with Gasteiger partial charge in [0.15, 0.2) is 0 Å². The zero-order chi connectivity index (χ0) is 19.5. The number of sulfonamides is 1. The van der Waals surface area contributed by atoms with Crippen LogP contribution in [0.5, 0.6) is 0 Å². The third-order valence-corrected chi connectivity index (χ3v) is 5.53. The molecular weight excluding hydrogens is 393 g/mol. The number of halogens is 4. The largest absolute Gasteiger partial charge is 0.416 e. The summed E-state index contributed by atoms with van der Waals surface area (Å²) < 4.78 is 65.4. The normalized spacial score (nSPS) is 11.9. The van der Waals surface area contributed by atoms with Crippen molar-refractivity contribution in [1.82, 2.24) is 5.32 Å². The number of carbonyl (C=O) groups is 1. The average Bonchev–Trinajstić information content (AvgIpc) is 2.59.